The van der Waals surface area contributed by atoms with Crippen LogP contribution in [0.5, 0.6) is 0 Å². The first kappa shape index (κ1) is 22.1. The van der Waals surface area contributed by atoms with E-state index in [-0.39, 0.29) is 28.6 Å². The lowest BCUT2D eigenvalue weighted by Gasteiger charge is -2.37. The van der Waals surface area contributed by atoms with E-state index in [4.69, 9.17) is 4.74 Å². The van der Waals surface area contributed by atoms with Gasteiger partial charge in [0.05, 0.1) is 28.0 Å². The van der Waals surface area contributed by atoms with Crippen LogP contribution in [-0.2, 0) is 11.3 Å². The molecule has 2 aliphatic rings. The van der Waals surface area contributed by atoms with Gasteiger partial charge in [-0.05, 0) is 61.7 Å². The third-order valence-electron chi connectivity index (χ3n) is 5.65. The predicted molar refractivity (Wildman–Crippen MR) is 120 cm³/mol. The number of fused-ring (bicyclic) bond motifs is 1. The number of piperazine rings is 1. The molecule has 2 fully saturated rings. The third-order valence-corrected chi connectivity index (χ3v) is 6.46. The molecule has 9 heteroatoms. The number of benzene rings is 1. The molecule has 1 aliphatic heterocycles. The van der Waals surface area contributed by atoms with Crippen LogP contribution in [0.25, 0.3) is 10.9 Å². The molecule has 2 aromatic rings. The Kier molecular flexibility index (Phi) is 5.76. The van der Waals surface area contributed by atoms with E-state index in [0.29, 0.717) is 48.5 Å². The van der Waals surface area contributed by atoms with Crippen molar-refractivity contribution in [3.05, 3.63) is 38.3 Å². The van der Waals surface area contributed by atoms with Gasteiger partial charge in [-0.3, -0.25) is 4.79 Å². The van der Waals surface area contributed by atoms with Crippen molar-refractivity contribution >= 4 is 38.6 Å². The van der Waals surface area contributed by atoms with Gasteiger partial charge in [-0.1, -0.05) is 0 Å². The Hall–Kier alpha value is -2.13. The first-order valence-corrected chi connectivity index (χ1v) is 11.3. The van der Waals surface area contributed by atoms with E-state index in [1.165, 1.54) is 6.07 Å². The van der Waals surface area contributed by atoms with Crippen LogP contribution >= 0.6 is 15.9 Å². The van der Waals surface area contributed by atoms with E-state index in [9.17, 15) is 14.7 Å². The fourth-order valence-electron chi connectivity index (χ4n) is 4.03. The Morgan fingerprint density at radius 1 is 1.23 bits per heavy atom. The molecular formula is C22H27BrFN3O4. The number of pyridine rings is 1. The summed E-state index contributed by atoms with van der Waals surface area (Å²) in [7, 11) is 0. The zero-order valence-corrected chi connectivity index (χ0v) is 19.5. The number of carbonyl (C=O) groups is 1. The van der Waals surface area contributed by atoms with Crippen LogP contribution < -0.4 is 10.3 Å². The summed E-state index contributed by atoms with van der Waals surface area (Å²) in [6.07, 6.45) is 1.54. The van der Waals surface area contributed by atoms with Gasteiger partial charge in [-0.25, -0.2) is 9.18 Å². The highest BCUT2D eigenvalue weighted by atomic mass is 79.9. The molecule has 0 bridgehead atoms. The Bertz CT molecular complexity index is 1080. The minimum atomic E-state index is -0.566. The Balaban J connectivity index is 1.66. The van der Waals surface area contributed by atoms with Crippen molar-refractivity contribution in [3.63, 3.8) is 0 Å². The van der Waals surface area contributed by atoms with Gasteiger partial charge in [0, 0.05) is 37.6 Å². The van der Waals surface area contributed by atoms with Gasteiger partial charge in [0.2, 0.25) is 5.43 Å². The van der Waals surface area contributed by atoms with Crippen LogP contribution in [0.2, 0.25) is 0 Å². The molecule has 1 amide bonds. The van der Waals surface area contributed by atoms with Crippen molar-refractivity contribution in [2.45, 2.75) is 51.9 Å². The van der Waals surface area contributed by atoms with E-state index in [1.807, 2.05) is 30.2 Å². The van der Waals surface area contributed by atoms with Gasteiger partial charge in [0.1, 0.15) is 11.4 Å². The molecule has 31 heavy (non-hydrogen) atoms. The summed E-state index contributed by atoms with van der Waals surface area (Å²) in [6, 6.07) is 3.20. The summed E-state index contributed by atoms with van der Waals surface area (Å²) in [4.78, 5) is 28.6. The molecule has 1 aromatic carbocycles. The lowest BCUT2D eigenvalue weighted by molar-refractivity contribution is 0.0240. The summed E-state index contributed by atoms with van der Waals surface area (Å²) in [5.74, 6) is -0.471. The largest absolute Gasteiger partial charge is 0.444 e. The van der Waals surface area contributed by atoms with E-state index >= 15 is 4.39 Å². The van der Waals surface area contributed by atoms with E-state index in [0.717, 1.165) is 12.8 Å². The van der Waals surface area contributed by atoms with Crippen LogP contribution in [0.1, 0.15) is 45.3 Å². The summed E-state index contributed by atoms with van der Waals surface area (Å²) >= 11 is 3.29. The van der Waals surface area contributed by atoms with Gasteiger partial charge in [0.25, 0.3) is 0 Å². The lowest BCUT2D eigenvalue weighted by atomic mass is 10.1. The molecule has 1 aromatic heterocycles. The third kappa shape index (κ3) is 4.30. The molecule has 0 atom stereocenters. The number of amides is 1. The molecule has 1 saturated heterocycles. The molecule has 0 spiro atoms. The summed E-state index contributed by atoms with van der Waals surface area (Å²) in [5, 5.41) is 10.2. The van der Waals surface area contributed by atoms with Crippen LogP contribution in [0.3, 0.4) is 0 Å². The first-order valence-electron chi connectivity index (χ1n) is 10.5. The Morgan fingerprint density at radius 3 is 2.42 bits per heavy atom. The number of hydrogen-bond donors (Lipinski definition) is 1. The smallest absolute Gasteiger partial charge is 0.410 e. The number of rotatable bonds is 3. The van der Waals surface area contributed by atoms with Gasteiger partial charge >= 0.3 is 6.09 Å². The second-order valence-electron chi connectivity index (χ2n) is 9.12. The summed E-state index contributed by atoms with van der Waals surface area (Å²) < 4.78 is 22.7. The molecule has 0 unspecified atom stereocenters. The number of anilines is 1. The number of hydrogen-bond acceptors (Lipinski definition) is 5. The number of nitrogens with zero attached hydrogens (tertiary/aromatic N) is 3. The van der Waals surface area contributed by atoms with Crippen molar-refractivity contribution in [1.29, 1.82) is 0 Å². The highest BCUT2D eigenvalue weighted by Gasteiger charge is 2.31. The summed E-state index contributed by atoms with van der Waals surface area (Å²) in [5.41, 5.74) is 0.662. The zero-order valence-electron chi connectivity index (χ0n) is 18.0. The highest BCUT2D eigenvalue weighted by Crippen LogP contribution is 2.40. The maximum absolute atomic E-state index is 15.1. The lowest BCUT2D eigenvalue weighted by Crippen LogP contribution is -2.50. The van der Waals surface area contributed by atoms with Gasteiger partial charge in [0.15, 0.2) is 0 Å². The number of carbonyl (C=O) groups excluding carboxylic acids is 1. The molecular weight excluding hydrogens is 469 g/mol. The quantitative estimate of drug-likeness (QED) is 0.700. The van der Waals surface area contributed by atoms with Crippen molar-refractivity contribution < 1.29 is 19.0 Å². The minimum absolute atomic E-state index is 0.198. The first-order chi connectivity index (χ1) is 14.6. The molecule has 1 saturated carbocycles. The number of ether oxygens (including phenoxy) is 1. The normalized spacial score (nSPS) is 17.4. The van der Waals surface area contributed by atoms with Crippen LogP contribution in [0, 0.1) is 5.82 Å². The standard InChI is InChI=1S/C22H27BrFN3O4/c1-22(2,3)31-21(30)26-8-6-25(7-9-26)17-11-16-14(10-15(17)24)20(29)19(23)18(12-28)27(16)13-4-5-13/h10-11,13,28H,4-9,12H2,1-3H3. The second kappa shape index (κ2) is 8.09. The van der Waals surface area contributed by atoms with Crippen LogP contribution in [-0.4, -0.2) is 52.4 Å². The Morgan fingerprint density at radius 2 is 1.87 bits per heavy atom. The fourth-order valence-corrected chi connectivity index (χ4v) is 4.56. The van der Waals surface area contributed by atoms with E-state index in [2.05, 4.69) is 15.9 Å². The van der Waals surface area contributed by atoms with Gasteiger partial charge in [-0.2, -0.15) is 0 Å². The second-order valence-corrected chi connectivity index (χ2v) is 9.92. The predicted octanol–water partition coefficient (Wildman–Crippen LogP) is 3.79. The monoisotopic (exact) mass is 495 g/mol. The highest BCUT2D eigenvalue weighted by molar-refractivity contribution is 9.10. The van der Waals surface area contributed by atoms with Gasteiger partial charge in [-0.15, -0.1) is 0 Å². The topological polar surface area (TPSA) is 75.0 Å². The van der Waals surface area contributed by atoms with Crippen LogP contribution in [0.4, 0.5) is 14.9 Å². The molecule has 4 rings (SSSR count). The number of halogens is 2. The SMILES string of the molecule is CC(C)(C)OC(=O)N1CCN(c2cc3c(cc2F)c(=O)c(Br)c(CO)n3C2CC2)CC1. The molecule has 168 valence electrons. The molecule has 0 radical (unpaired) electrons. The van der Waals surface area contributed by atoms with Crippen molar-refractivity contribution in [1.82, 2.24) is 9.47 Å². The minimum Gasteiger partial charge on any atom is -0.444 e. The molecule has 2 heterocycles. The number of aliphatic hydroxyl groups is 1. The molecule has 1 N–H and O–H groups in total. The average molecular weight is 496 g/mol. The van der Waals surface area contributed by atoms with Crippen LogP contribution in [0.15, 0.2) is 21.4 Å². The average Bonchev–Trinajstić information content (AvgIpc) is 3.54. The number of aromatic nitrogens is 1. The molecule has 7 nitrogen and oxygen atoms in total. The Labute approximate surface area is 188 Å². The zero-order chi connectivity index (χ0) is 22.5. The van der Waals surface area contributed by atoms with E-state index < -0.39 is 11.4 Å². The summed E-state index contributed by atoms with van der Waals surface area (Å²) in [6.45, 7) is 6.95. The number of aliphatic hydroxyl groups excluding tert-OH is 1. The maximum atomic E-state index is 15.1. The maximum Gasteiger partial charge on any atom is 0.410 e. The van der Waals surface area contributed by atoms with Gasteiger partial charge < -0.3 is 24.2 Å². The molecule has 1 aliphatic carbocycles. The fraction of sp³-hybridized carbons (Fsp3) is 0.545. The van der Waals surface area contributed by atoms with E-state index in [1.54, 1.807) is 11.0 Å². The van der Waals surface area contributed by atoms with Crippen molar-refractivity contribution in [2.24, 2.45) is 0 Å². The van der Waals surface area contributed by atoms with Crippen molar-refractivity contribution in [2.75, 3.05) is 31.1 Å². The van der Waals surface area contributed by atoms with Crippen molar-refractivity contribution in [3.8, 4) is 0 Å².